The van der Waals surface area contributed by atoms with Crippen LogP contribution in [0.15, 0.2) is 42.5 Å². The number of carbonyl (C=O) groups excluding carboxylic acids is 4. The summed E-state index contributed by atoms with van der Waals surface area (Å²) in [7, 11) is 1.54. The monoisotopic (exact) mass is 671 g/mol. The number of ether oxygens (including phenoxy) is 3. The van der Waals surface area contributed by atoms with Crippen molar-refractivity contribution in [3.63, 3.8) is 0 Å². The summed E-state index contributed by atoms with van der Waals surface area (Å²) < 4.78 is 16.8. The molecule has 4 amide bonds. The predicted octanol–water partition coefficient (Wildman–Crippen LogP) is 3.97. The Hall–Kier alpha value is -3.87. The third kappa shape index (κ3) is 10.6. The fourth-order valence-corrected chi connectivity index (χ4v) is 5.69. The van der Waals surface area contributed by atoms with Crippen molar-refractivity contribution in [2.75, 3.05) is 58.4 Å². The number of hydrogen-bond acceptors (Lipinski definition) is 8. The topological polar surface area (TPSA) is 139 Å². The highest BCUT2D eigenvalue weighted by atomic mass is 35.5. The number of rotatable bonds is 12. The molecule has 0 spiro atoms. The van der Waals surface area contributed by atoms with Gasteiger partial charge >= 0.3 is 6.03 Å². The van der Waals surface area contributed by atoms with Crippen molar-refractivity contribution in [1.29, 1.82) is 0 Å². The zero-order valence-electron chi connectivity index (χ0n) is 27.6. The van der Waals surface area contributed by atoms with Gasteiger partial charge in [-0.05, 0) is 74.6 Å². The van der Waals surface area contributed by atoms with Crippen LogP contribution in [0.1, 0.15) is 50.4 Å². The first-order valence-electron chi connectivity index (χ1n) is 16.1. The van der Waals surface area contributed by atoms with Crippen LogP contribution < -0.4 is 25.4 Å². The molecule has 0 saturated carbocycles. The molecule has 4 rings (SSSR count). The second-order valence-corrected chi connectivity index (χ2v) is 12.8. The van der Waals surface area contributed by atoms with Crippen molar-refractivity contribution in [1.82, 2.24) is 20.4 Å². The number of likely N-dealkylation sites (tertiary alicyclic amines) is 1. The molecule has 1 unspecified atom stereocenters. The summed E-state index contributed by atoms with van der Waals surface area (Å²) in [5.41, 5.74) is 0.874. The SMILES string of the molecule is COc1ccc(C(=O)N[C@@H](CC(C)C)C(=O)NC2CC[C@@H](C)N(C(=O)Nc3ccc(Cl)cc3)CC2=O)cc1OCCN1CCOCC1. The van der Waals surface area contributed by atoms with Gasteiger partial charge in [0.05, 0.1) is 32.9 Å². The Morgan fingerprint density at radius 2 is 1.77 bits per heavy atom. The Morgan fingerprint density at radius 3 is 2.45 bits per heavy atom. The quantitative estimate of drug-likeness (QED) is 0.308. The maximum absolute atomic E-state index is 13.6. The smallest absolute Gasteiger partial charge is 0.322 e. The normalized spacial score (nSPS) is 19.4. The van der Waals surface area contributed by atoms with E-state index in [2.05, 4.69) is 20.9 Å². The van der Waals surface area contributed by atoms with Gasteiger partial charge in [0.15, 0.2) is 17.3 Å². The molecule has 2 aliphatic rings. The molecule has 47 heavy (non-hydrogen) atoms. The van der Waals surface area contributed by atoms with Gasteiger partial charge in [0.2, 0.25) is 5.91 Å². The van der Waals surface area contributed by atoms with Crippen molar-refractivity contribution >= 4 is 40.9 Å². The number of morpholine rings is 1. The number of benzene rings is 2. The zero-order chi connectivity index (χ0) is 33.9. The Bertz CT molecular complexity index is 1380. The lowest BCUT2D eigenvalue weighted by Gasteiger charge is -2.26. The molecule has 0 aliphatic carbocycles. The highest BCUT2D eigenvalue weighted by Gasteiger charge is 2.34. The number of carbonyl (C=O) groups is 4. The van der Waals surface area contributed by atoms with E-state index in [0.29, 0.717) is 73.4 Å². The second kappa shape index (κ2) is 17.3. The minimum absolute atomic E-state index is 0.0814. The van der Waals surface area contributed by atoms with Crippen LogP contribution in [-0.2, 0) is 14.3 Å². The molecule has 0 aromatic heterocycles. The molecule has 2 aliphatic heterocycles. The summed E-state index contributed by atoms with van der Waals surface area (Å²) >= 11 is 5.94. The fourth-order valence-electron chi connectivity index (χ4n) is 5.57. The average molecular weight is 672 g/mol. The fraction of sp³-hybridized carbons (Fsp3) is 0.529. The van der Waals surface area contributed by atoms with E-state index in [1.54, 1.807) is 42.5 Å². The number of Topliss-reactive ketones (excluding diaryl/α,β-unsaturated/α-hetero) is 1. The van der Waals surface area contributed by atoms with Crippen molar-refractivity contribution in [3.8, 4) is 11.5 Å². The maximum Gasteiger partial charge on any atom is 0.322 e. The average Bonchev–Trinajstić information content (AvgIpc) is 3.19. The molecular formula is C34H46ClN5O7. The summed E-state index contributed by atoms with van der Waals surface area (Å²) in [4.78, 5) is 57.0. The van der Waals surface area contributed by atoms with Crippen molar-refractivity contribution < 1.29 is 33.4 Å². The number of nitrogens with zero attached hydrogens (tertiary/aromatic N) is 2. The Balaban J connectivity index is 1.38. The summed E-state index contributed by atoms with van der Waals surface area (Å²) in [6, 6.07) is 9.27. The van der Waals surface area contributed by atoms with Crippen LogP contribution in [0.4, 0.5) is 10.5 Å². The largest absolute Gasteiger partial charge is 0.493 e. The van der Waals surface area contributed by atoms with E-state index in [-0.39, 0.29) is 24.3 Å². The third-order valence-corrected chi connectivity index (χ3v) is 8.57. The Labute approximate surface area is 281 Å². The van der Waals surface area contributed by atoms with Crippen molar-refractivity contribution in [3.05, 3.63) is 53.1 Å². The number of halogens is 1. The molecule has 2 saturated heterocycles. The number of methoxy groups -OCH3 is 1. The van der Waals surface area contributed by atoms with Crippen LogP contribution in [0.5, 0.6) is 11.5 Å². The summed E-state index contributed by atoms with van der Waals surface area (Å²) in [6.45, 7) is 9.81. The van der Waals surface area contributed by atoms with E-state index in [4.69, 9.17) is 25.8 Å². The molecule has 3 atom stereocenters. The van der Waals surface area contributed by atoms with Crippen LogP contribution in [0.3, 0.4) is 0 Å². The summed E-state index contributed by atoms with van der Waals surface area (Å²) in [5, 5.41) is 9.07. The lowest BCUT2D eigenvalue weighted by molar-refractivity contribution is -0.129. The number of nitrogens with one attached hydrogen (secondary N) is 3. The molecule has 12 nitrogen and oxygen atoms in total. The van der Waals surface area contributed by atoms with E-state index in [9.17, 15) is 19.2 Å². The first-order chi connectivity index (χ1) is 22.5. The molecule has 2 aromatic rings. The van der Waals surface area contributed by atoms with Gasteiger partial charge in [-0.2, -0.15) is 0 Å². The van der Waals surface area contributed by atoms with Crippen LogP contribution >= 0.6 is 11.6 Å². The Morgan fingerprint density at radius 1 is 1.04 bits per heavy atom. The van der Waals surface area contributed by atoms with Gasteiger partial charge in [-0.3, -0.25) is 19.3 Å². The van der Waals surface area contributed by atoms with E-state index in [1.165, 1.54) is 12.0 Å². The summed E-state index contributed by atoms with van der Waals surface area (Å²) in [5.74, 6) is -0.168. The van der Waals surface area contributed by atoms with Gasteiger partial charge in [-0.15, -0.1) is 0 Å². The minimum atomic E-state index is -0.881. The highest BCUT2D eigenvalue weighted by Crippen LogP contribution is 2.28. The van der Waals surface area contributed by atoms with Crippen molar-refractivity contribution in [2.45, 2.75) is 58.2 Å². The van der Waals surface area contributed by atoms with E-state index in [1.807, 2.05) is 20.8 Å². The van der Waals surface area contributed by atoms with Crippen LogP contribution in [0.2, 0.25) is 5.02 Å². The van der Waals surface area contributed by atoms with Gasteiger partial charge in [-0.25, -0.2) is 4.79 Å². The van der Waals surface area contributed by atoms with Gasteiger partial charge in [0, 0.05) is 41.9 Å². The molecule has 2 heterocycles. The first kappa shape index (κ1) is 36.0. The standard InChI is InChI=1S/C34H46ClN5O7/c1-22(2)19-28(38-32(42)24-6-12-30(45-4)31(20-24)47-18-15-39-13-16-46-17-14-39)33(43)37-27-11-5-23(3)40(21-29(27)41)34(44)36-26-9-7-25(35)8-10-26/h6-10,12,20,22-23,27-28H,5,11,13-19,21H2,1-4H3,(H,36,44)(H,37,43)(H,38,42)/t23-,27?,28+/m1/s1. The maximum atomic E-state index is 13.6. The minimum Gasteiger partial charge on any atom is -0.493 e. The molecular weight excluding hydrogens is 626 g/mol. The molecule has 2 aromatic carbocycles. The number of amides is 4. The molecule has 3 N–H and O–H groups in total. The highest BCUT2D eigenvalue weighted by molar-refractivity contribution is 6.30. The molecule has 0 radical (unpaired) electrons. The number of hydrogen-bond donors (Lipinski definition) is 3. The predicted molar refractivity (Wildman–Crippen MR) is 179 cm³/mol. The number of anilines is 1. The van der Waals surface area contributed by atoms with Crippen LogP contribution in [-0.4, -0.2) is 105 Å². The molecule has 13 heteroatoms. The molecule has 2 fully saturated rings. The lowest BCUT2D eigenvalue weighted by Crippen LogP contribution is -2.53. The number of urea groups is 1. The van der Waals surface area contributed by atoms with Gasteiger partial charge < -0.3 is 35.1 Å². The van der Waals surface area contributed by atoms with Gasteiger partial charge in [0.25, 0.3) is 5.91 Å². The lowest BCUT2D eigenvalue weighted by atomic mass is 10.0. The third-order valence-electron chi connectivity index (χ3n) is 8.32. The number of ketones is 1. The van der Waals surface area contributed by atoms with E-state index in [0.717, 1.165) is 13.1 Å². The first-order valence-corrected chi connectivity index (χ1v) is 16.5. The van der Waals surface area contributed by atoms with Gasteiger partial charge in [-0.1, -0.05) is 25.4 Å². The van der Waals surface area contributed by atoms with Gasteiger partial charge in [0.1, 0.15) is 12.6 Å². The summed E-state index contributed by atoms with van der Waals surface area (Å²) in [6.07, 6.45) is 1.23. The van der Waals surface area contributed by atoms with Crippen molar-refractivity contribution in [2.24, 2.45) is 5.92 Å². The zero-order valence-corrected chi connectivity index (χ0v) is 28.3. The van der Waals surface area contributed by atoms with E-state index < -0.39 is 29.9 Å². The van der Waals surface area contributed by atoms with Crippen LogP contribution in [0.25, 0.3) is 0 Å². The van der Waals surface area contributed by atoms with Crippen LogP contribution in [0, 0.1) is 5.92 Å². The molecule has 256 valence electrons. The molecule has 0 bridgehead atoms. The second-order valence-electron chi connectivity index (χ2n) is 12.3. The Kier molecular flexibility index (Phi) is 13.3. The van der Waals surface area contributed by atoms with E-state index >= 15 is 0 Å².